The molecular weight excluding hydrogens is 368 g/mol. The third kappa shape index (κ3) is 2.79. The quantitative estimate of drug-likeness (QED) is 0.699. The van der Waals surface area contributed by atoms with Gasteiger partial charge >= 0.3 is 0 Å². The summed E-state index contributed by atoms with van der Waals surface area (Å²) in [6.07, 6.45) is 1.17. The molecule has 0 aliphatic rings. The van der Waals surface area contributed by atoms with Gasteiger partial charge in [-0.3, -0.25) is 0 Å². The van der Waals surface area contributed by atoms with Crippen LogP contribution in [0.2, 0.25) is 0 Å². The molecule has 112 valence electrons. The van der Waals surface area contributed by atoms with Gasteiger partial charge < -0.3 is 0 Å². The van der Waals surface area contributed by atoms with E-state index in [2.05, 4.69) is 31.5 Å². The summed E-state index contributed by atoms with van der Waals surface area (Å²) in [7, 11) is -3.23. The van der Waals surface area contributed by atoms with Crippen molar-refractivity contribution in [2.75, 3.05) is 6.26 Å². The summed E-state index contributed by atoms with van der Waals surface area (Å²) in [5.41, 5.74) is 1.53. The van der Waals surface area contributed by atoms with Crippen molar-refractivity contribution in [3.63, 3.8) is 0 Å². The maximum absolute atomic E-state index is 11.5. The Balaban J connectivity index is 2.08. The van der Waals surface area contributed by atoms with Crippen LogP contribution in [0.3, 0.4) is 0 Å². The van der Waals surface area contributed by atoms with Gasteiger partial charge in [0.05, 0.1) is 10.6 Å². The number of hydrogen-bond donors (Lipinski definition) is 0. The van der Waals surface area contributed by atoms with E-state index >= 15 is 0 Å². The molecule has 0 unspecified atom stereocenters. The van der Waals surface area contributed by atoms with Gasteiger partial charge in [-0.05, 0) is 46.8 Å². The number of nitrogens with zero attached hydrogens (tertiary/aromatic N) is 4. The summed E-state index contributed by atoms with van der Waals surface area (Å²) < 4.78 is 25.5. The summed E-state index contributed by atoms with van der Waals surface area (Å²) in [6, 6.07) is 14.0. The maximum Gasteiger partial charge on any atom is 0.188 e. The monoisotopic (exact) mass is 378 g/mol. The fourth-order valence-corrected chi connectivity index (χ4v) is 3.10. The molecule has 3 rings (SSSR count). The zero-order chi connectivity index (χ0) is 15.7. The highest BCUT2D eigenvalue weighted by atomic mass is 79.9. The van der Waals surface area contributed by atoms with Crippen molar-refractivity contribution in [3.05, 3.63) is 53.0 Å². The Bertz CT molecular complexity index is 920. The Morgan fingerprint density at radius 3 is 2.36 bits per heavy atom. The standard InChI is InChI=1S/C14H11BrN4O2S/c1-22(20,21)11-8-6-10(7-9-11)19-14(16-17-18-19)12-4-2-3-5-13(12)15/h2-9H,1H3. The molecule has 0 aliphatic heterocycles. The first-order chi connectivity index (χ1) is 10.5. The molecule has 3 aromatic rings. The number of tetrazole rings is 1. The third-order valence-electron chi connectivity index (χ3n) is 3.09. The molecular formula is C14H11BrN4O2S. The molecule has 0 saturated heterocycles. The Morgan fingerprint density at radius 2 is 1.73 bits per heavy atom. The Labute approximate surface area is 135 Å². The minimum atomic E-state index is -3.23. The van der Waals surface area contributed by atoms with E-state index in [4.69, 9.17) is 0 Å². The Hall–Kier alpha value is -2.06. The number of benzene rings is 2. The summed E-state index contributed by atoms with van der Waals surface area (Å²) in [4.78, 5) is 0.256. The van der Waals surface area contributed by atoms with Crippen molar-refractivity contribution in [2.45, 2.75) is 4.90 Å². The number of rotatable bonds is 3. The molecule has 0 bridgehead atoms. The molecule has 0 saturated carbocycles. The molecule has 1 heterocycles. The van der Waals surface area contributed by atoms with Crippen LogP contribution in [0, 0.1) is 0 Å². The third-order valence-corrected chi connectivity index (χ3v) is 4.91. The van der Waals surface area contributed by atoms with E-state index in [0.717, 1.165) is 10.0 Å². The molecule has 6 nitrogen and oxygen atoms in total. The van der Waals surface area contributed by atoms with Crippen molar-refractivity contribution in [1.82, 2.24) is 20.2 Å². The molecule has 0 N–H and O–H groups in total. The maximum atomic E-state index is 11.5. The zero-order valence-electron chi connectivity index (χ0n) is 11.5. The molecule has 2 aromatic carbocycles. The van der Waals surface area contributed by atoms with Gasteiger partial charge in [0.1, 0.15) is 0 Å². The van der Waals surface area contributed by atoms with Gasteiger partial charge in [0.15, 0.2) is 15.7 Å². The predicted octanol–water partition coefficient (Wildman–Crippen LogP) is 2.50. The topological polar surface area (TPSA) is 77.7 Å². The van der Waals surface area contributed by atoms with Gasteiger partial charge in [-0.15, -0.1) is 5.10 Å². The number of aromatic nitrogens is 4. The van der Waals surface area contributed by atoms with Gasteiger partial charge in [0, 0.05) is 16.3 Å². The molecule has 0 fully saturated rings. The van der Waals surface area contributed by atoms with Crippen LogP contribution in [-0.4, -0.2) is 34.9 Å². The number of hydrogen-bond acceptors (Lipinski definition) is 5. The lowest BCUT2D eigenvalue weighted by Gasteiger charge is -2.07. The molecule has 8 heteroatoms. The van der Waals surface area contributed by atoms with Crippen LogP contribution in [-0.2, 0) is 9.84 Å². The first-order valence-electron chi connectivity index (χ1n) is 6.30. The van der Waals surface area contributed by atoms with E-state index in [1.807, 2.05) is 24.3 Å². The van der Waals surface area contributed by atoms with E-state index in [0.29, 0.717) is 11.5 Å². The highest BCUT2D eigenvalue weighted by Crippen LogP contribution is 2.27. The molecule has 0 aliphatic carbocycles. The van der Waals surface area contributed by atoms with Crippen LogP contribution >= 0.6 is 15.9 Å². The molecule has 22 heavy (non-hydrogen) atoms. The van der Waals surface area contributed by atoms with E-state index in [1.54, 1.807) is 16.8 Å². The van der Waals surface area contributed by atoms with Crippen LogP contribution in [0.15, 0.2) is 57.9 Å². The van der Waals surface area contributed by atoms with Gasteiger partial charge in [0.25, 0.3) is 0 Å². The lowest BCUT2D eigenvalue weighted by atomic mass is 10.2. The molecule has 1 aromatic heterocycles. The van der Waals surface area contributed by atoms with Crippen molar-refractivity contribution in [3.8, 4) is 17.1 Å². The van der Waals surface area contributed by atoms with Gasteiger partial charge in [-0.2, -0.15) is 4.68 Å². The first kappa shape index (κ1) is 14.9. The van der Waals surface area contributed by atoms with Crippen LogP contribution in [0.25, 0.3) is 17.1 Å². The van der Waals surface area contributed by atoms with Gasteiger partial charge in [-0.25, -0.2) is 8.42 Å². The van der Waals surface area contributed by atoms with Crippen LogP contribution < -0.4 is 0 Å². The Morgan fingerprint density at radius 1 is 1.05 bits per heavy atom. The smallest absolute Gasteiger partial charge is 0.188 e. The normalized spacial score (nSPS) is 11.5. The highest BCUT2D eigenvalue weighted by molar-refractivity contribution is 9.10. The molecule has 0 spiro atoms. The number of halogens is 1. The largest absolute Gasteiger partial charge is 0.224 e. The van der Waals surface area contributed by atoms with E-state index in [1.165, 1.54) is 18.4 Å². The highest BCUT2D eigenvalue weighted by Gasteiger charge is 2.14. The second-order valence-corrected chi connectivity index (χ2v) is 7.53. The van der Waals surface area contributed by atoms with Gasteiger partial charge in [0.2, 0.25) is 0 Å². The van der Waals surface area contributed by atoms with Crippen molar-refractivity contribution in [1.29, 1.82) is 0 Å². The van der Waals surface area contributed by atoms with E-state index < -0.39 is 9.84 Å². The molecule has 0 amide bonds. The van der Waals surface area contributed by atoms with Gasteiger partial charge in [-0.1, -0.05) is 28.1 Å². The summed E-state index contributed by atoms with van der Waals surface area (Å²) in [6.45, 7) is 0. The van der Waals surface area contributed by atoms with Crippen molar-refractivity contribution < 1.29 is 8.42 Å². The van der Waals surface area contributed by atoms with Crippen molar-refractivity contribution in [2.24, 2.45) is 0 Å². The Kier molecular flexibility index (Phi) is 3.79. The minimum absolute atomic E-state index is 0.256. The summed E-state index contributed by atoms with van der Waals surface area (Å²) in [5, 5.41) is 11.7. The molecule has 0 radical (unpaired) electrons. The SMILES string of the molecule is CS(=O)(=O)c1ccc(-n2nnnc2-c2ccccc2Br)cc1. The predicted molar refractivity (Wildman–Crippen MR) is 85.4 cm³/mol. The average molecular weight is 379 g/mol. The number of sulfone groups is 1. The van der Waals surface area contributed by atoms with Crippen LogP contribution in [0.5, 0.6) is 0 Å². The van der Waals surface area contributed by atoms with E-state index in [9.17, 15) is 8.42 Å². The second kappa shape index (κ2) is 5.62. The minimum Gasteiger partial charge on any atom is -0.224 e. The lowest BCUT2D eigenvalue weighted by Crippen LogP contribution is -2.02. The summed E-state index contributed by atoms with van der Waals surface area (Å²) >= 11 is 3.47. The first-order valence-corrected chi connectivity index (χ1v) is 8.99. The lowest BCUT2D eigenvalue weighted by molar-refractivity contribution is 0.602. The second-order valence-electron chi connectivity index (χ2n) is 4.66. The van der Waals surface area contributed by atoms with Crippen molar-refractivity contribution >= 4 is 25.8 Å². The van der Waals surface area contributed by atoms with E-state index in [-0.39, 0.29) is 4.90 Å². The fraction of sp³-hybridized carbons (Fsp3) is 0.0714. The van der Waals surface area contributed by atoms with Crippen LogP contribution in [0.4, 0.5) is 0 Å². The zero-order valence-corrected chi connectivity index (χ0v) is 13.9. The fourth-order valence-electron chi connectivity index (χ4n) is 2.01. The molecule has 0 atom stereocenters. The van der Waals surface area contributed by atoms with Crippen LogP contribution in [0.1, 0.15) is 0 Å². The summed E-state index contributed by atoms with van der Waals surface area (Å²) in [5.74, 6) is 0.569. The average Bonchev–Trinajstić information content (AvgIpc) is 2.96.